The van der Waals surface area contributed by atoms with Crippen molar-refractivity contribution in [3.8, 4) is 0 Å². The minimum absolute atomic E-state index is 0.113. The van der Waals surface area contributed by atoms with Crippen LogP contribution in [-0.2, 0) is 38.1 Å². The smallest absolute Gasteiger partial charge is 0.372 e. The number of aliphatic hydroxyl groups is 1. The van der Waals surface area contributed by atoms with Crippen molar-refractivity contribution in [2.45, 2.75) is 83.1 Å². The van der Waals surface area contributed by atoms with Crippen LogP contribution in [0.25, 0.3) is 0 Å². The predicted octanol–water partition coefficient (Wildman–Crippen LogP) is -0.00560. The Labute approximate surface area is 156 Å². The maximum absolute atomic E-state index is 11.6. The van der Waals surface area contributed by atoms with Crippen molar-refractivity contribution in [1.82, 2.24) is 0 Å². The third-order valence-corrected chi connectivity index (χ3v) is 4.20. The highest BCUT2D eigenvalue weighted by molar-refractivity contribution is 6.32. The standard InChI is InChI=1S/C17H26O10/c1-8(18)24-13(11-7-23-16(2,3)25-11)14-12(26-17(4,5)27-14)9(19)6-10(20)15(21)22/h9,11-14,19H,6-7H2,1-5H3,(H,21,22)/t9-,11+,12+,13+,14+/m0/s1. The number of carbonyl (C=O) groups is 3. The number of esters is 1. The van der Waals surface area contributed by atoms with Crippen molar-refractivity contribution in [2.75, 3.05) is 6.61 Å². The highest BCUT2D eigenvalue weighted by Crippen LogP contribution is 2.37. The van der Waals surface area contributed by atoms with E-state index in [-0.39, 0.29) is 6.61 Å². The van der Waals surface area contributed by atoms with E-state index in [0.29, 0.717) is 0 Å². The lowest BCUT2D eigenvalue weighted by molar-refractivity contribution is -0.193. The van der Waals surface area contributed by atoms with Gasteiger partial charge < -0.3 is 33.9 Å². The lowest BCUT2D eigenvalue weighted by Crippen LogP contribution is -2.51. The van der Waals surface area contributed by atoms with E-state index in [9.17, 15) is 19.5 Å². The molecule has 27 heavy (non-hydrogen) atoms. The lowest BCUT2D eigenvalue weighted by atomic mass is 9.96. The Bertz CT molecular complexity index is 599. The molecule has 154 valence electrons. The van der Waals surface area contributed by atoms with Gasteiger partial charge in [-0.1, -0.05) is 0 Å². The third kappa shape index (κ3) is 5.45. The molecule has 0 bridgehead atoms. The van der Waals surface area contributed by atoms with Crippen molar-refractivity contribution < 1.29 is 48.3 Å². The second-order valence-corrected chi connectivity index (χ2v) is 7.51. The van der Waals surface area contributed by atoms with Crippen LogP contribution >= 0.6 is 0 Å². The minimum Gasteiger partial charge on any atom is -0.475 e. The zero-order valence-electron chi connectivity index (χ0n) is 16.0. The van der Waals surface area contributed by atoms with Gasteiger partial charge in [0.05, 0.1) is 12.7 Å². The van der Waals surface area contributed by atoms with Crippen LogP contribution in [0.5, 0.6) is 0 Å². The molecule has 0 spiro atoms. The molecule has 0 unspecified atom stereocenters. The number of hydrogen-bond acceptors (Lipinski definition) is 9. The molecular formula is C17H26O10. The summed E-state index contributed by atoms with van der Waals surface area (Å²) in [6, 6.07) is 0. The number of carbonyl (C=O) groups excluding carboxylic acids is 2. The summed E-state index contributed by atoms with van der Waals surface area (Å²) in [5.41, 5.74) is 0. The van der Waals surface area contributed by atoms with Crippen LogP contribution in [0.15, 0.2) is 0 Å². The summed E-state index contributed by atoms with van der Waals surface area (Å²) in [6.45, 7) is 7.91. The van der Waals surface area contributed by atoms with E-state index < -0.39 is 66.2 Å². The largest absolute Gasteiger partial charge is 0.475 e. The van der Waals surface area contributed by atoms with Gasteiger partial charge in [-0.3, -0.25) is 9.59 Å². The van der Waals surface area contributed by atoms with Crippen LogP contribution in [0.2, 0.25) is 0 Å². The van der Waals surface area contributed by atoms with Gasteiger partial charge in [-0.15, -0.1) is 0 Å². The summed E-state index contributed by atoms with van der Waals surface area (Å²) in [5.74, 6) is -5.48. The highest BCUT2D eigenvalue weighted by atomic mass is 16.8. The molecule has 2 saturated heterocycles. The fourth-order valence-corrected chi connectivity index (χ4v) is 3.19. The maximum Gasteiger partial charge on any atom is 0.372 e. The molecular weight excluding hydrogens is 364 g/mol. The Morgan fingerprint density at radius 2 is 1.67 bits per heavy atom. The molecule has 0 radical (unpaired) electrons. The van der Waals surface area contributed by atoms with Gasteiger partial charge in [0, 0.05) is 13.3 Å². The molecule has 0 aromatic carbocycles. The van der Waals surface area contributed by atoms with E-state index in [1.807, 2.05) is 0 Å². The van der Waals surface area contributed by atoms with E-state index >= 15 is 0 Å². The number of rotatable bonds is 7. The fraction of sp³-hybridized carbons (Fsp3) is 0.824. The van der Waals surface area contributed by atoms with Crippen molar-refractivity contribution >= 4 is 17.7 Å². The Morgan fingerprint density at radius 3 is 2.15 bits per heavy atom. The molecule has 0 aromatic rings. The quantitative estimate of drug-likeness (QED) is 0.451. The number of carboxylic acids is 1. The lowest BCUT2D eigenvalue weighted by Gasteiger charge is -2.31. The molecule has 2 N–H and O–H groups in total. The Kier molecular flexibility index (Phi) is 6.27. The van der Waals surface area contributed by atoms with Crippen molar-refractivity contribution in [3.05, 3.63) is 0 Å². The predicted molar refractivity (Wildman–Crippen MR) is 87.5 cm³/mol. The number of ether oxygens (including phenoxy) is 5. The summed E-state index contributed by atoms with van der Waals surface area (Å²) in [4.78, 5) is 33.9. The molecule has 0 saturated carbocycles. The van der Waals surface area contributed by atoms with Crippen LogP contribution in [-0.4, -0.2) is 76.6 Å². The van der Waals surface area contributed by atoms with Crippen molar-refractivity contribution in [1.29, 1.82) is 0 Å². The van der Waals surface area contributed by atoms with Gasteiger partial charge in [-0.05, 0) is 27.7 Å². The fourth-order valence-electron chi connectivity index (χ4n) is 3.19. The first-order valence-electron chi connectivity index (χ1n) is 8.60. The van der Waals surface area contributed by atoms with E-state index in [4.69, 9.17) is 28.8 Å². The molecule has 0 aliphatic carbocycles. The Hall–Kier alpha value is -1.59. The third-order valence-electron chi connectivity index (χ3n) is 4.20. The van der Waals surface area contributed by atoms with Gasteiger partial charge in [-0.25, -0.2) is 4.79 Å². The van der Waals surface area contributed by atoms with Crippen LogP contribution in [0.4, 0.5) is 0 Å². The van der Waals surface area contributed by atoms with Crippen LogP contribution in [0, 0.1) is 0 Å². The van der Waals surface area contributed by atoms with Gasteiger partial charge >= 0.3 is 11.9 Å². The van der Waals surface area contributed by atoms with Gasteiger partial charge in [0.15, 0.2) is 17.7 Å². The molecule has 2 aliphatic rings. The van der Waals surface area contributed by atoms with E-state index in [0.717, 1.165) is 0 Å². The van der Waals surface area contributed by atoms with Crippen molar-refractivity contribution in [3.63, 3.8) is 0 Å². The number of aliphatic carboxylic acids is 1. The van der Waals surface area contributed by atoms with Crippen LogP contribution < -0.4 is 0 Å². The van der Waals surface area contributed by atoms with Gasteiger partial charge in [-0.2, -0.15) is 0 Å². The first-order valence-corrected chi connectivity index (χ1v) is 8.60. The number of hydrogen-bond donors (Lipinski definition) is 2. The monoisotopic (exact) mass is 390 g/mol. The molecule has 2 heterocycles. The molecule has 5 atom stereocenters. The number of aliphatic hydroxyl groups excluding tert-OH is 1. The topological polar surface area (TPSA) is 138 Å². The van der Waals surface area contributed by atoms with Crippen LogP contribution in [0.1, 0.15) is 41.0 Å². The van der Waals surface area contributed by atoms with E-state index in [1.165, 1.54) is 6.92 Å². The average Bonchev–Trinajstić information content (AvgIpc) is 3.03. The van der Waals surface area contributed by atoms with E-state index in [1.54, 1.807) is 27.7 Å². The average molecular weight is 390 g/mol. The molecule has 2 rings (SSSR count). The molecule has 10 heteroatoms. The SMILES string of the molecule is CC(=O)O[C@@H]([C@@H]1OC(C)(C)O[C@@H]1[C@@H](O)CC(=O)C(=O)O)[C@H]1COC(C)(C)O1. The van der Waals surface area contributed by atoms with Gasteiger partial charge in [0.25, 0.3) is 0 Å². The normalized spacial score (nSPS) is 31.3. The Balaban J connectivity index is 2.25. The number of carboxylic acid groups (broad SMARTS) is 1. The first-order chi connectivity index (χ1) is 12.3. The van der Waals surface area contributed by atoms with Crippen molar-refractivity contribution in [2.24, 2.45) is 0 Å². The molecule has 0 aromatic heterocycles. The summed E-state index contributed by atoms with van der Waals surface area (Å²) < 4.78 is 28.1. The van der Waals surface area contributed by atoms with E-state index in [2.05, 4.69) is 0 Å². The second-order valence-electron chi connectivity index (χ2n) is 7.51. The first kappa shape index (κ1) is 21.7. The number of Topliss-reactive ketones (excluding diaryl/α,β-unsaturated/α-hetero) is 1. The second kappa shape index (κ2) is 7.80. The van der Waals surface area contributed by atoms with Gasteiger partial charge in [0.2, 0.25) is 5.78 Å². The Morgan fingerprint density at radius 1 is 1.07 bits per heavy atom. The molecule has 2 fully saturated rings. The van der Waals surface area contributed by atoms with Gasteiger partial charge in [0.1, 0.15) is 18.3 Å². The molecule has 2 aliphatic heterocycles. The highest BCUT2D eigenvalue weighted by Gasteiger charge is 2.54. The summed E-state index contributed by atoms with van der Waals surface area (Å²) >= 11 is 0. The minimum atomic E-state index is -1.66. The zero-order chi connectivity index (χ0) is 20.6. The maximum atomic E-state index is 11.6. The summed E-state index contributed by atoms with van der Waals surface area (Å²) in [7, 11) is 0. The zero-order valence-corrected chi connectivity index (χ0v) is 16.0. The molecule has 10 nitrogen and oxygen atoms in total. The molecule has 0 amide bonds. The summed E-state index contributed by atoms with van der Waals surface area (Å²) in [5, 5.41) is 19.2. The number of ketones is 1. The van der Waals surface area contributed by atoms with Crippen LogP contribution in [0.3, 0.4) is 0 Å². The summed E-state index contributed by atoms with van der Waals surface area (Å²) in [6.07, 6.45) is -5.95.